The van der Waals surface area contributed by atoms with E-state index in [-0.39, 0.29) is 45.4 Å². The maximum absolute atomic E-state index is 13.3. The summed E-state index contributed by atoms with van der Waals surface area (Å²) in [7, 11) is 1.47. The second kappa shape index (κ2) is 11.8. The van der Waals surface area contributed by atoms with E-state index >= 15 is 0 Å². The third-order valence-corrected chi connectivity index (χ3v) is 6.06. The highest BCUT2D eigenvalue weighted by atomic mass is 16.5. The zero-order chi connectivity index (χ0) is 25.4. The Morgan fingerprint density at radius 2 is 1.09 bits per heavy atom. The lowest BCUT2D eigenvalue weighted by Crippen LogP contribution is -2.35. The molecule has 0 aromatic heterocycles. The first-order valence-electron chi connectivity index (χ1n) is 11.1. The Morgan fingerprint density at radius 3 is 1.44 bits per heavy atom. The summed E-state index contributed by atoms with van der Waals surface area (Å²) in [5.74, 6) is 0.823. The van der Waals surface area contributed by atoms with E-state index in [2.05, 4.69) is 0 Å². The van der Waals surface area contributed by atoms with Crippen molar-refractivity contribution in [1.82, 2.24) is 0 Å². The number of carbonyl (C=O) groups excluding carboxylic acids is 1. The van der Waals surface area contributed by atoms with Gasteiger partial charge >= 0.3 is 0 Å². The largest absolute Gasteiger partial charge is 0.493 e. The normalized spacial score (nSPS) is 13.9. The molecule has 0 aliphatic heterocycles. The summed E-state index contributed by atoms with van der Waals surface area (Å²) in [4.78, 5) is 13.3. The van der Waals surface area contributed by atoms with Gasteiger partial charge < -0.3 is 34.6 Å². The molecule has 8 heteroatoms. The molecule has 0 saturated heterocycles. The van der Waals surface area contributed by atoms with Gasteiger partial charge in [0.15, 0.2) is 11.4 Å². The quantitative estimate of drug-likeness (QED) is 0.306. The van der Waals surface area contributed by atoms with Crippen molar-refractivity contribution in [3.63, 3.8) is 0 Å². The number of hydrogen-bond donors (Lipinski definition) is 4. The summed E-state index contributed by atoms with van der Waals surface area (Å²) >= 11 is 0. The van der Waals surface area contributed by atoms with Crippen LogP contribution in [0.2, 0.25) is 0 Å². The van der Waals surface area contributed by atoms with E-state index in [0.29, 0.717) is 22.6 Å². The van der Waals surface area contributed by atoms with Crippen LogP contribution in [0.15, 0.2) is 48.5 Å². The molecule has 0 spiro atoms. The fourth-order valence-corrected chi connectivity index (χ4v) is 2.99. The zero-order valence-electron chi connectivity index (χ0n) is 20.3. The molecule has 0 bridgehead atoms. The lowest BCUT2D eigenvalue weighted by molar-refractivity contribution is 0.00999. The third kappa shape index (κ3) is 6.55. The van der Waals surface area contributed by atoms with E-state index in [1.165, 1.54) is 7.11 Å². The van der Waals surface area contributed by atoms with Crippen LogP contribution in [-0.2, 0) is 10.3 Å². The van der Waals surface area contributed by atoms with Crippen molar-refractivity contribution in [3.05, 3.63) is 59.7 Å². The minimum Gasteiger partial charge on any atom is -0.493 e. The Hall–Kier alpha value is -2.49. The van der Waals surface area contributed by atoms with Crippen LogP contribution >= 0.6 is 0 Å². The predicted octanol–water partition coefficient (Wildman–Crippen LogP) is 2.17. The van der Waals surface area contributed by atoms with Crippen LogP contribution in [0.3, 0.4) is 0 Å². The molecular formula is C26H36O8. The van der Waals surface area contributed by atoms with Gasteiger partial charge in [-0.2, -0.15) is 0 Å². The summed E-state index contributed by atoms with van der Waals surface area (Å²) in [6.45, 7) is 4.57. The van der Waals surface area contributed by atoms with Crippen LogP contribution in [-0.4, -0.2) is 73.0 Å². The monoisotopic (exact) mass is 476 g/mol. The Morgan fingerprint density at radius 1 is 0.706 bits per heavy atom. The number of ketones is 1. The second-order valence-corrected chi connectivity index (χ2v) is 9.45. The molecule has 34 heavy (non-hydrogen) atoms. The fraction of sp³-hybridized carbons (Fsp3) is 0.500. The first-order chi connectivity index (χ1) is 16.1. The number of carbonyl (C=O) groups is 1. The molecule has 0 saturated carbocycles. The highest BCUT2D eigenvalue weighted by Gasteiger charge is 2.36. The predicted molar refractivity (Wildman–Crippen MR) is 127 cm³/mol. The van der Waals surface area contributed by atoms with Crippen LogP contribution in [0.1, 0.15) is 36.7 Å². The van der Waals surface area contributed by atoms with Crippen molar-refractivity contribution in [2.24, 2.45) is 10.8 Å². The fourth-order valence-electron chi connectivity index (χ4n) is 2.99. The molecule has 0 heterocycles. The van der Waals surface area contributed by atoms with Crippen molar-refractivity contribution in [2.75, 3.05) is 46.8 Å². The standard InChI is InChI=1S/C26H36O8/c1-24(13-27,14-28)17-33-21-9-5-19(6-10-21)23(31)26(3,32-4)20-7-11-22(12-8-20)34-18-25(2,15-29)16-30/h5-12,27-30H,13-18H2,1-4H3. The summed E-state index contributed by atoms with van der Waals surface area (Å²) in [5.41, 5.74) is -1.67. The summed E-state index contributed by atoms with van der Waals surface area (Å²) < 4.78 is 17.0. The summed E-state index contributed by atoms with van der Waals surface area (Å²) in [6.07, 6.45) is 0. The van der Waals surface area contributed by atoms with Gasteiger partial charge in [0.05, 0.1) is 39.6 Å². The molecule has 4 N–H and O–H groups in total. The highest BCUT2D eigenvalue weighted by molar-refractivity contribution is 6.02. The topological polar surface area (TPSA) is 126 Å². The number of Topliss-reactive ketones (excluding diaryl/α,β-unsaturated/α-hetero) is 1. The van der Waals surface area contributed by atoms with Gasteiger partial charge in [-0.3, -0.25) is 4.79 Å². The molecule has 2 aromatic rings. The van der Waals surface area contributed by atoms with Gasteiger partial charge in [-0.25, -0.2) is 0 Å². The van der Waals surface area contributed by atoms with Crippen molar-refractivity contribution in [3.8, 4) is 11.5 Å². The van der Waals surface area contributed by atoms with Crippen molar-refractivity contribution >= 4 is 5.78 Å². The van der Waals surface area contributed by atoms with Crippen LogP contribution in [0.25, 0.3) is 0 Å². The van der Waals surface area contributed by atoms with Gasteiger partial charge in [-0.1, -0.05) is 26.0 Å². The Kier molecular flexibility index (Phi) is 9.61. The molecular weight excluding hydrogens is 440 g/mol. The van der Waals surface area contributed by atoms with Crippen LogP contribution in [0.5, 0.6) is 11.5 Å². The molecule has 188 valence electrons. The summed E-state index contributed by atoms with van der Waals surface area (Å²) in [6, 6.07) is 13.5. The van der Waals surface area contributed by atoms with Gasteiger partial charge in [0.25, 0.3) is 0 Å². The molecule has 2 rings (SSSR count). The van der Waals surface area contributed by atoms with Crippen molar-refractivity contribution in [1.29, 1.82) is 0 Å². The van der Waals surface area contributed by atoms with Crippen LogP contribution in [0.4, 0.5) is 0 Å². The van der Waals surface area contributed by atoms with Gasteiger partial charge in [0.2, 0.25) is 0 Å². The van der Waals surface area contributed by atoms with Crippen LogP contribution < -0.4 is 9.47 Å². The molecule has 1 unspecified atom stereocenters. The Balaban J connectivity index is 2.12. The number of benzene rings is 2. The molecule has 0 amide bonds. The molecule has 0 aliphatic carbocycles. The van der Waals surface area contributed by atoms with Crippen LogP contribution in [0, 0.1) is 10.8 Å². The molecule has 2 aromatic carbocycles. The minimum absolute atomic E-state index is 0.132. The highest BCUT2D eigenvalue weighted by Crippen LogP contribution is 2.31. The van der Waals surface area contributed by atoms with Crippen molar-refractivity contribution in [2.45, 2.75) is 26.4 Å². The lowest BCUT2D eigenvalue weighted by Gasteiger charge is -2.28. The van der Waals surface area contributed by atoms with E-state index in [1.807, 2.05) is 0 Å². The zero-order valence-corrected chi connectivity index (χ0v) is 20.3. The van der Waals surface area contributed by atoms with E-state index in [0.717, 1.165) is 0 Å². The van der Waals surface area contributed by atoms with E-state index in [1.54, 1.807) is 69.3 Å². The summed E-state index contributed by atoms with van der Waals surface area (Å²) in [5, 5.41) is 37.6. The van der Waals surface area contributed by atoms with E-state index < -0.39 is 16.4 Å². The van der Waals surface area contributed by atoms with Crippen molar-refractivity contribution < 1.29 is 39.4 Å². The number of methoxy groups -OCH3 is 1. The first kappa shape index (κ1) is 27.8. The SMILES string of the molecule is COC(C)(C(=O)c1ccc(OCC(C)(CO)CO)cc1)c1ccc(OCC(C)(CO)CO)cc1. The van der Waals surface area contributed by atoms with E-state index in [9.17, 15) is 25.2 Å². The molecule has 0 radical (unpaired) electrons. The maximum Gasteiger partial charge on any atom is 0.198 e. The number of rotatable bonds is 14. The average Bonchev–Trinajstić information content (AvgIpc) is 2.90. The number of ether oxygens (including phenoxy) is 3. The molecule has 0 fully saturated rings. The first-order valence-corrected chi connectivity index (χ1v) is 11.1. The number of aliphatic hydroxyl groups is 4. The lowest BCUT2D eigenvalue weighted by atomic mass is 9.87. The van der Waals surface area contributed by atoms with Gasteiger partial charge in [0, 0.05) is 23.5 Å². The smallest absolute Gasteiger partial charge is 0.198 e. The Bertz CT molecular complexity index is 901. The molecule has 8 nitrogen and oxygen atoms in total. The average molecular weight is 477 g/mol. The minimum atomic E-state index is -1.24. The third-order valence-electron chi connectivity index (χ3n) is 6.06. The number of aliphatic hydroxyl groups excluding tert-OH is 4. The van der Waals surface area contributed by atoms with E-state index in [4.69, 9.17) is 14.2 Å². The van der Waals surface area contributed by atoms with Gasteiger partial charge in [0.1, 0.15) is 11.5 Å². The Labute approximate surface area is 200 Å². The van der Waals surface area contributed by atoms with Gasteiger partial charge in [-0.05, 0) is 48.9 Å². The molecule has 0 aliphatic rings. The maximum atomic E-state index is 13.3. The molecule has 1 atom stereocenters. The number of hydrogen-bond acceptors (Lipinski definition) is 8. The van der Waals surface area contributed by atoms with Gasteiger partial charge in [-0.15, -0.1) is 0 Å². The second-order valence-electron chi connectivity index (χ2n) is 9.45.